The number of rotatable bonds is 1. The van der Waals surface area contributed by atoms with Crippen LogP contribution in [-0.4, -0.2) is 15.0 Å². The van der Waals surface area contributed by atoms with Crippen LogP contribution < -0.4 is 8.92 Å². The molecule has 1 aliphatic heterocycles. The maximum atomic E-state index is 2.33. The van der Waals surface area contributed by atoms with E-state index in [0.29, 0.717) is 26.8 Å². The minimum atomic E-state index is 0.485. The first-order valence-corrected chi connectivity index (χ1v) is 7.84. The second kappa shape index (κ2) is 4.33. The Morgan fingerprint density at radius 2 is 1.29 bits per heavy atom. The molecule has 0 saturated carbocycles. The molecule has 1 heteroatoms. The maximum absolute atomic E-state index is 2.33. The van der Waals surface area contributed by atoms with Gasteiger partial charge < -0.3 is 0 Å². The Hall–Kier alpha value is -1.04. The summed E-state index contributed by atoms with van der Waals surface area (Å²) in [7, 11) is 0. The predicted molar refractivity (Wildman–Crippen MR) is 74.6 cm³/mol. The summed E-state index contributed by atoms with van der Waals surface area (Å²) < 4.78 is 3.13. The summed E-state index contributed by atoms with van der Waals surface area (Å²) in [5.74, 6) is 1.24. The van der Waals surface area contributed by atoms with Crippen LogP contribution in [0.5, 0.6) is 0 Å². The van der Waals surface area contributed by atoms with E-state index in [9.17, 15) is 0 Å². The molecule has 1 aliphatic rings. The molecule has 0 unspecified atom stereocenters. The van der Waals surface area contributed by atoms with Gasteiger partial charge in [-0.25, -0.2) is 0 Å². The van der Waals surface area contributed by atoms with Crippen LogP contribution in [-0.2, 0) is 0 Å². The van der Waals surface area contributed by atoms with E-state index in [-0.39, 0.29) is 0 Å². The molecule has 0 spiro atoms. The zero-order chi connectivity index (χ0) is 11.8. The average Bonchev–Trinajstić information content (AvgIpc) is 2.35. The summed E-state index contributed by atoms with van der Waals surface area (Å²) in [5, 5.41) is 0. The number of fused-ring (bicyclic) bond motifs is 2. The molecular weight excluding hydrogens is 271 g/mol. The molecule has 0 fully saturated rings. The molecule has 0 radical (unpaired) electrons. The van der Waals surface area contributed by atoms with Crippen molar-refractivity contribution in [1.82, 2.24) is 0 Å². The Bertz CT molecular complexity index is 497. The quantitative estimate of drug-likeness (QED) is 0.707. The Morgan fingerprint density at radius 3 is 1.76 bits per heavy atom. The Morgan fingerprint density at radius 1 is 0.824 bits per heavy atom. The van der Waals surface area contributed by atoms with Gasteiger partial charge in [0.15, 0.2) is 0 Å². The van der Waals surface area contributed by atoms with E-state index in [1.54, 1.807) is 20.1 Å². The van der Waals surface area contributed by atoms with Gasteiger partial charge in [0.1, 0.15) is 0 Å². The molecule has 3 rings (SSSR count). The van der Waals surface area contributed by atoms with Gasteiger partial charge in [0.05, 0.1) is 0 Å². The van der Waals surface area contributed by atoms with Gasteiger partial charge in [-0.1, -0.05) is 0 Å². The first-order valence-electron chi connectivity index (χ1n) is 6.13. The monoisotopic (exact) mass is 288 g/mol. The fraction of sp³-hybridized carbons (Fsp3) is 0.250. The molecule has 0 aliphatic carbocycles. The van der Waals surface area contributed by atoms with Crippen LogP contribution in [0.1, 0.15) is 30.9 Å². The van der Waals surface area contributed by atoms with Crippen LogP contribution >= 0.6 is 0 Å². The standard InChI is InChI=1S/C16H16Se/c1-11(2)16-12-7-3-5-9-14(12)17-15-10-6-4-8-13(15)16/h3-11,16H,1-2H3. The van der Waals surface area contributed by atoms with E-state index in [1.165, 1.54) is 0 Å². The third-order valence-corrected chi connectivity index (χ3v) is 5.88. The fourth-order valence-corrected chi connectivity index (χ4v) is 5.09. The molecule has 86 valence electrons. The van der Waals surface area contributed by atoms with E-state index in [4.69, 9.17) is 0 Å². The van der Waals surface area contributed by atoms with Gasteiger partial charge in [0.2, 0.25) is 0 Å². The molecule has 0 N–H and O–H groups in total. The molecule has 0 amide bonds. The molecule has 2 aromatic rings. The van der Waals surface area contributed by atoms with E-state index in [0.717, 1.165) is 0 Å². The van der Waals surface area contributed by atoms with Gasteiger partial charge in [-0.15, -0.1) is 0 Å². The van der Waals surface area contributed by atoms with Crippen molar-refractivity contribution < 1.29 is 0 Å². The third kappa shape index (κ3) is 1.84. The Labute approximate surface area is 109 Å². The molecule has 0 nitrogen and oxygen atoms in total. The molecule has 0 atom stereocenters. The van der Waals surface area contributed by atoms with Gasteiger partial charge >= 0.3 is 109 Å². The number of benzene rings is 2. The second-order valence-corrected chi connectivity index (χ2v) is 7.17. The van der Waals surface area contributed by atoms with Gasteiger partial charge in [-0.3, -0.25) is 0 Å². The van der Waals surface area contributed by atoms with Crippen LogP contribution in [0.2, 0.25) is 0 Å². The van der Waals surface area contributed by atoms with E-state index < -0.39 is 0 Å². The topological polar surface area (TPSA) is 0 Å². The van der Waals surface area contributed by atoms with Crippen LogP contribution in [0, 0.1) is 5.92 Å². The molecule has 0 aromatic heterocycles. The number of hydrogen-bond acceptors (Lipinski definition) is 0. The molecule has 2 aromatic carbocycles. The second-order valence-electron chi connectivity index (χ2n) is 4.90. The molecular formula is C16H16Se. The SMILES string of the molecule is CC(C)C1c2ccccc2[Se]c2ccccc21. The van der Waals surface area contributed by atoms with Crippen molar-refractivity contribution in [2.75, 3.05) is 0 Å². The summed E-state index contributed by atoms with van der Waals surface area (Å²) in [6, 6.07) is 17.9. The van der Waals surface area contributed by atoms with Crippen molar-refractivity contribution in [2.45, 2.75) is 19.8 Å². The van der Waals surface area contributed by atoms with Gasteiger partial charge in [0.25, 0.3) is 0 Å². The molecule has 1 heterocycles. The van der Waals surface area contributed by atoms with Crippen molar-refractivity contribution in [3.8, 4) is 0 Å². The van der Waals surface area contributed by atoms with Crippen molar-refractivity contribution in [1.29, 1.82) is 0 Å². The summed E-state index contributed by atoms with van der Waals surface area (Å²) in [6.45, 7) is 4.66. The molecule has 0 saturated heterocycles. The van der Waals surface area contributed by atoms with E-state index in [1.807, 2.05) is 0 Å². The molecule has 0 bridgehead atoms. The van der Waals surface area contributed by atoms with Gasteiger partial charge in [-0.05, 0) is 0 Å². The Balaban J connectivity index is 2.21. The summed E-state index contributed by atoms with van der Waals surface area (Å²) >= 11 is 0.485. The van der Waals surface area contributed by atoms with Crippen molar-refractivity contribution in [3.05, 3.63) is 59.7 Å². The van der Waals surface area contributed by atoms with E-state index in [2.05, 4.69) is 62.4 Å². The van der Waals surface area contributed by atoms with Crippen molar-refractivity contribution >= 4 is 23.9 Å². The number of hydrogen-bond donors (Lipinski definition) is 0. The van der Waals surface area contributed by atoms with Crippen LogP contribution in [0.4, 0.5) is 0 Å². The van der Waals surface area contributed by atoms with Crippen LogP contribution in [0.25, 0.3) is 0 Å². The average molecular weight is 287 g/mol. The van der Waals surface area contributed by atoms with E-state index >= 15 is 0 Å². The Kier molecular flexibility index (Phi) is 2.82. The first kappa shape index (κ1) is 11.1. The summed E-state index contributed by atoms with van der Waals surface area (Å²) in [5.41, 5.74) is 3.11. The fourth-order valence-electron chi connectivity index (χ4n) is 2.67. The minimum absolute atomic E-state index is 0.485. The van der Waals surface area contributed by atoms with Crippen LogP contribution in [0.3, 0.4) is 0 Å². The third-order valence-electron chi connectivity index (χ3n) is 3.39. The van der Waals surface area contributed by atoms with Crippen molar-refractivity contribution in [3.63, 3.8) is 0 Å². The van der Waals surface area contributed by atoms with Crippen LogP contribution in [0.15, 0.2) is 48.5 Å². The first-order chi connectivity index (χ1) is 8.27. The summed E-state index contributed by atoms with van der Waals surface area (Å²) in [6.07, 6.45) is 0. The van der Waals surface area contributed by atoms with Gasteiger partial charge in [-0.2, -0.15) is 0 Å². The van der Waals surface area contributed by atoms with Crippen molar-refractivity contribution in [2.24, 2.45) is 5.92 Å². The normalized spacial score (nSPS) is 14.5. The molecule has 17 heavy (non-hydrogen) atoms. The summed E-state index contributed by atoms with van der Waals surface area (Å²) in [4.78, 5) is 0. The predicted octanol–water partition coefficient (Wildman–Crippen LogP) is 2.44. The zero-order valence-corrected chi connectivity index (χ0v) is 11.9. The zero-order valence-electron chi connectivity index (χ0n) is 10.2. The van der Waals surface area contributed by atoms with Gasteiger partial charge in [0, 0.05) is 0 Å².